The van der Waals surface area contributed by atoms with Gasteiger partial charge in [-0.1, -0.05) is 6.07 Å². The summed E-state index contributed by atoms with van der Waals surface area (Å²) >= 11 is 0. The molecule has 1 aromatic heterocycles. The molecule has 0 aliphatic rings. The van der Waals surface area contributed by atoms with Crippen LogP contribution >= 0.6 is 0 Å². The Labute approximate surface area is 137 Å². The number of nitro groups is 1. The van der Waals surface area contributed by atoms with Crippen LogP contribution in [0.3, 0.4) is 0 Å². The molecule has 0 unspecified atom stereocenters. The average molecular weight is 332 g/mol. The summed E-state index contributed by atoms with van der Waals surface area (Å²) in [6, 6.07) is 4.16. The molecular weight excluding hydrogens is 316 g/mol. The van der Waals surface area contributed by atoms with Gasteiger partial charge in [-0.25, -0.2) is 4.79 Å². The van der Waals surface area contributed by atoms with Crippen molar-refractivity contribution >= 4 is 23.3 Å². The first kappa shape index (κ1) is 17.1. The number of aliphatic carboxylic acids is 1. The van der Waals surface area contributed by atoms with Crippen LogP contribution in [0.1, 0.15) is 29.8 Å². The van der Waals surface area contributed by atoms with Crippen LogP contribution in [0.2, 0.25) is 0 Å². The summed E-state index contributed by atoms with van der Waals surface area (Å²) in [4.78, 5) is 33.8. The lowest BCUT2D eigenvalue weighted by atomic mass is 10.1. The van der Waals surface area contributed by atoms with Crippen LogP contribution < -0.4 is 5.32 Å². The number of carbonyl (C=O) groups is 2. The van der Waals surface area contributed by atoms with Gasteiger partial charge in [0.05, 0.1) is 16.8 Å². The molecule has 1 amide bonds. The molecule has 0 atom stereocenters. The van der Waals surface area contributed by atoms with E-state index >= 15 is 0 Å². The van der Waals surface area contributed by atoms with Crippen LogP contribution in [0, 0.1) is 17.0 Å². The highest BCUT2D eigenvalue weighted by Crippen LogP contribution is 2.21. The van der Waals surface area contributed by atoms with Gasteiger partial charge in [0.15, 0.2) is 5.54 Å². The SMILES string of the molecule is Cc1ccc(C(=O)Nc2cnn(C(C)(C)C(=O)O)c2)cc1[N+](=O)[O-]. The van der Waals surface area contributed by atoms with Crippen molar-refractivity contribution in [1.82, 2.24) is 9.78 Å². The number of aryl methyl sites for hydroxylation is 1. The minimum Gasteiger partial charge on any atom is -0.479 e. The van der Waals surface area contributed by atoms with Crippen LogP contribution in [0.5, 0.6) is 0 Å². The highest BCUT2D eigenvalue weighted by molar-refractivity contribution is 6.04. The third-order valence-corrected chi connectivity index (χ3v) is 3.60. The maximum atomic E-state index is 12.2. The van der Waals surface area contributed by atoms with E-state index in [0.29, 0.717) is 5.56 Å². The molecule has 2 N–H and O–H groups in total. The lowest BCUT2D eigenvalue weighted by Crippen LogP contribution is -2.35. The van der Waals surface area contributed by atoms with Crippen molar-refractivity contribution in [1.29, 1.82) is 0 Å². The second kappa shape index (κ2) is 6.11. The Morgan fingerprint density at radius 2 is 2.04 bits per heavy atom. The first-order valence-corrected chi connectivity index (χ1v) is 6.98. The molecule has 126 valence electrons. The zero-order valence-corrected chi connectivity index (χ0v) is 13.3. The van der Waals surface area contributed by atoms with E-state index < -0.39 is 22.3 Å². The predicted octanol–water partition coefficient (Wildman–Crippen LogP) is 2.17. The predicted molar refractivity (Wildman–Crippen MR) is 85.0 cm³/mol. The van der Waals surface area contributed by atoms with Gasteiger partial charge < -0.3 is 10.4 Å². The zero-order valence-electron chi connectivity index (χ0n) is 13.3. The molecule has 9 heteroatoms. The second-order valence-corrected chi connectivity index (χ2v) is 5.75. The Hall–Kier alpha value is -3.23. The number of anilines is 1. The van der Waals surface area contributed by atoms with Crippen molar-refractivity contribution in [3.63, 3.8) is 0 Å². The molecule has 1 aromatic carbocycles. The smallest absolute Gasteiger partial charge is 0.331 e. The molecule has 0 radical (unpaired) electrons. The van der Waals surface area contributed by atoms with Crippen LogP contribution in [-0.2, 0) is 10.3 Å². The number of nitro benzene ring substituents is 1. The summed E-state index contributed by atoms with van der Waals surface area (Å²) < 4.78 is 1.21. The van der Waals surface area contributed by atoms with Gasteiger partial charge in [0.1, 0.15) is 0 Å². The summed E-state index contributed by atoms with van der Waals surface area (Å²) in [5, 5.41) is 26.6. The van der Waals surface area contributed by atoms with Gasteiger partial charge in [-0.15, -0.1) is 0 Å². The van der Waals surface area contributed by atoms with Crippen molar-refractivity contribution in [2.45, 2.75) is 26.3 Å². The monoisotopic (exact) mass is 332 g/mol. The molecule has 0 saturated carbocycles. The molecule has 24 heavy (non-hydrogen) atoms. The second-order valence-electron chi connectivity index (χ2n) is 5.75. The first-order valence-electron chi connectivity index (χ1n) is 6.98. The Bertz CT molecular complexity index is 825. The number of nitrogens with one attached hydrogen (secondary N) is 1. The van der Waals surface area contributed by atoms with E-state index in [0.717, 1.165) is 0 Å². The number of carboxylic acids is 1. The van der Waals surface area contributed by atoms with Gasteiger partial charge in [-0.2, -0.15) is 5.10 Å². The number of benzene rings is 1. The van der Waals surface area contributed by atoms with Crippen molar-refractivity contribution < 1.29 is 19.6 Å². The fraction of sp³-hybridized carbons (Fsp3) is 0.267. The Kier molecular flexibility index (Phi) is 4.36. The van der Waals surface area contributed by atoms with E-state index in [1.807, 2.05) is 0 Å². The van der Waals surface area contributed by atoms with Crippen molar-refractivity contribution in [3.8, 4) is 0 Å². The van der Waals surface area contributed by atoms with E-state index in [2.05, 4.69) is 10.4 Å². The number of hydrogen-bond acceptors (Lipinski definition) is 5. The first-order chi connectivity index (χ1) is 11.1. The van der Waals surface area contributed by atoms with Crippen molar-refractivity contribution in [3.05, 3.63) is 51.8 Å². The Balaban J connectivity index is 2.22. The average Bonchev–Trinajstić information content (AvgIpc) is 2.96. The van der Waals surface area contributed by atoms with Gasteiger partial charge in [0, 0.05) is 23.4 Å². The molecule has 1 heterocycles. The number of aromatic nitrogens is 2. The molecular formula is C15H16N4O5. The van der Waals surface area contributed by atoms with Crippen LogP contribution in [0.4, 0.5) is 11.4 Å². The number of rotatable bonds is 5. The van der Waals surface area contributed by atoms with E-state index in [-0.39, 0.29) is 16.9 Å². The third-order valence-electron chi connectivity index (χ3n) is 3.60. The van der Waals surface area contributed by atoms with Gasteiger partial charge in [-0.3, -0.25) is 19.6 Å². The summed E-state index contributed by atoms with van der Waals surface area (Å²) in [5.74, 6) is -1.62. The van der Waals surface area contributed by atoms with Gasteiger partial charge in [-0.05, 0) is 26.8 Å². The highest BCUT2D eigenvalue weighted by atomic mass is 16.6. The lowest BCUT2D eigenvalue weighted by Gasteiger charge is -2.19. The quantitative estimate of drug-likeness (QED) is 0.638. The molecule has 0 bridgehead atoms. The molecule has 2 rings (SSSR count). The number of carbonyl (C=O) groups excluding carboxylic acids is 1. The normalized spacial score (nSPS) is 11.1. The van der Waals surface area contributed by atoms with Gasteiger partial charge >= 0.3 is 5.97 Å². The topological polar surface area (TPSA) is 127 Å². The number of hydrogen-bond donors (Lipinski definition) is 2. The van der Waals surface area contributed by atoms with Crippen molar-refractivity contribution in [2.75, 3.05) is 5.32 Å². The molecule has 0 saturated heterocycles. The van der Waals surface area contributed by atoms with Crippen LogP contribution in [-0.4, -0.2) is 31.7 Å². The van der Waals surface area contributed by atoms with Gasteiger partial charge in [0.25, 0.3) is 11.6 Å². The molecule has 0 aliphatic carbocycles. The minimum atomic E-state index is -1.27. The fourth-order valence-electron chi connectivity index (χ4n) is 1.94. The fourth-order valence-corrected chi connectivity index (χ4v) is 1.94. The van der Waals surface area contributed by atoms with E-state index in [4.69, 9.17) is 5.11 Å². The van der Waals surface area contributed by atoms with Crippen molar-refractivity contribution in [2.24, 2.45) is 0 Å². The summed E-state index contributed by atoms with van der Waals surface area (Å²) in [6.45, 7) is 4.52. The third kappa shape index (κ3) is 3.24. The summed E-state index contributed by atoms with van der Waals surface area (Å²) in [7, 11) is 0. The molecule has 2 aromatic rings. The van der Waals surface area contributed by atoms with Crippen LogP contribution in [0.15, 0.2) is 30.6 Å². The summed E-state index contributed by atoms with van der Waals surface area (Å²) in [5.41, 5.74) is -0.556. The number of amides is 1. The molecule has 0 aliphatic heterocycles. The standard InChI is InChI=1S/C15H16N4O5/c1-9-4-5-10(6-12(9)19(23)24)13(20)17-11-7-16-18(8-11)15(2,3)14(21)22/h4-8H,1-3H3,(H,17,20)(H,21,22). The molecule has 9 nitrogen and oxygen atoms in total. The maximum Gasteiger partial charge on any atom is 0.331 e. The molecule has 0 fully saturated rings. The van der Waals surface area contributed by atoms with E-state index in [9.17, 15) is 19.7 Å². The lowest BCUT2D eigenvalue weighted by molar-refractivity contribution is -0.385. The minimum absolute atomic E-state index is 0.123. The molecule has 0 spiro atoms. The Morgan fingerprint density at radius 1 is 1.38 bits per heavy atom. The van der Waals surface area contributed by atoms with Gasteiger partial charge in [0.2, 0.25) is 0 Å². The number of carboxylic acid groups (broad SMARTS) is 1. The highest BCUT2D eigenvalue weighted by Gasteiger charge is 2.30. The Morgan fingerprint density at radius 3 is 2.62 bits per heavy atom. The summed E-state index contributed by atoms with van der Waals surface area (Å²) in [6.07, 6.45) is 2.69. The van der Waals surface area contributed by atoms with E-state index in [1.165, 1.54) is 49.1 Å². The van der Waals surface area contributed by atoms with Crippen LogP contribution in [0.25, 0.3) is 0 Å². The maximum absolute atomic E-state index is 12.2. The number of nitrogens with zero attached hydrogens (tertiary/aromatic N) is 3. The van der Waals surface area contributed by atoms with E-state index in [1.54, 1.807) is 6.92 Å². The zero-order chi connectivity index (χ0) is 18.1. The largest absolute Gasteiger partial charge is 0.479 e.